The zero-order valence-electron chi connectivity index (χ0n) is 12.9. The van der Waals surface area contributed by atoms with Crippen molar-refractivity contribution in [2.45, 2.75) is 57.2 Å². The Morgan fingerprint density at radius 3 is 2.23 bits per heavy atom. The summed E-state index contributed by atoms with van der Waals surface area (Å²) < 4.78 is 69.2. The van der Waals surface area contributed by atoms with Gasteiger partial charge in [0.05, 0.1) is 12.0 Å². The van der Waals surface area contributed by atoms with Gasteiger partial charge in [0.15, 0.2) is 0 Å². The minimum absolute atomic E-state index is 0.326. The van der Waals surface area contributed by atoms with Crippen molar-refractivity contribution in [1.29, 1.82) is 0 Å². The Morgan fingerprint density at radius 2 is 1.73 bits per heavy atom. The van der Waals surface area contributed by atoms with Gasteiger partial charge in [0.25, 0.3) is 0 Å². The molecule has 0 spiro atoms. The minimum atomic E-state index is -5.59. The summed E-state index contributed by atoms with van der Waals surface area (Å²) in [6, 6.07) is 6.65. The van der Waals surface area contributed by atoms with Crippen LogP contribution < -0.4 is 0 Å². The van der Waals surface area contributed by atoms with E-state index in [4.69, 9.17) is 4.74 Å². The highest BCUT2D eigenvalue weighted by Gasteiger charge is 2.60. The molecule has 0 radical (unpaired) electrons. The number of alkyl halides is 5. The van der Waals surface area contributed by atoms with Crippen LogP contribution in [0.15, 0.2) is 24.3 Å². The van der Waals surface area contributed by atoms with Gasteiger partial charge in [0.1, 0.15) is 0 Å². The highest BCUT2D eigenvalue weighted by atomic mass is 19.4. The second kappa shape index (κ2) is 6.94. The van der Waals surface area contributed by atoms with E-state index in [1.807, 2.05) is 13.0 Å². The highest BCUT2D eigenvalue weighted by Crippen LogP contribution is 2.45. The van der Waals surface area contributed by atoms with Gasteiger partial charge in [-0.2, -0.15) is 22.0 Å². The van der Waals surface area contributed by atoms with E-state index in [9.17, 15) is 22.0 Å². The Labute approximate surface area is 127 Å². The Hall–Kier alpha value is -1.17. The van der Waals surface area contributed by atoms with Crippen molar-refractivity contribution >= 4 is 0 Å². The van der Waals surface area contributed by atoms with Crippen molar-refractivity contribution in [2.75, 3.05) is 7.11 Å². The molecule has 1 aromatic carbocycles. The predicted molar refractivity (Wildman–Crippen MR) is 75.0 cm³/mol. The summed E-state index contributed by atoms with van der Waals surface area (Å²) >= 11 is 0. The molecule has 0 aliphatic heterocycles. The Bertz CT molecular complexity index is 484. The molecule has 1 unspecified atom stereocenters. The van der Waals surface area contributed by atoms with E-state index in [1.165, 1.54) is 13.0 Å². The fourth-order valence-electron chi connectivity index (χ4n) is 2.25. The fraction of sp³-hybridized carbons (Fsp3) is 0.625. The number of ether oxygens (including phenoxy) is 1. The zero-order valence-corrected chi connectivity index (χ0v) is 12.9. The van der Waals surface area contributed by atoms with Gasteiger partial charge in [-0.05, 0) is 30.9 Å². The third kappa shape index (κ3) is 4.41. The summed E-state index contributed by atoms with van der Waals surface area (Å²) in [6.45, 7) is 3.28. The highest BCUT2D eigenvalue weighted by molar-refractivity contribution is 5.28. The van der Waals surface area contributed by atoms with Gasteiger partial charge >= 0.3 is 12.1 Å². The van der Waals surface area contributed by atoms with Crippen LogP contribution in [0.25, 0.3) is 0 Å². The number of unbranched alkanes of at least 4 members (excludes halogenated alkanes) is 1. The lowest BCUT2D eigenvalue weighted by Crippen LogP contribution is -2.43. The maximum Gasteiger partial charge on any atom is 0.453 e. The number of rotatable bonds is 7. The average molecular weight is 324 g/mol. The van der Waals surface area contributed by atoms with Crippen LogP contribution in [0.1, 0.15) is 44.2 Å². The second-order valence-electron chi connectivity index (χ2n) is 5.62. The summed E-state index contributed by atoms with van der Waals surface area (Å²) in [6.07, 6.45) is -4.40. The lowest BCUT2D eigenvalue weighted by molar-refractivity contribution is -0.298. The number of aryl methyl sites for hydroxylation is 1. The molecule has 0 fully saturated rings. The average Bonchev–Trinajstić information content (AvgIpc) is 2.43. The minimum Gasteiger partial charge on any atom is -0.374 e. The molecule has 1 rings (SSSR count). The third-order valence-corrected chi connectivity index (χ3v) is 3.78. The Morgan fingerprint density at radius 1 is 1.09 bits per heavy atom. The maximum absolute atomic E-state index is 13.4. The molecule has 126 valence electrons. The topological polar surface area (TPSA) is 9.23 Å². The summed E-state index contributed by atoms with van der Waals surface area (Å²) in [5.74, 6) is -4.81. The molecule has 0 aliphatic rings. The van der Waals surface area contributed by atoms with Crippen molar-refractivity contribution in [2.24, 2.45) is 0 Å². The van der Waals surface area contributed by atoms with Gasteiger partial charge in [0.2, 0.25) is 0 Å². The molecule has 0 saturated carbocycles. The van der Waals surface area contributed by atoms with Gasteiger partial charge in [-0.25, -0.2) is 0 Å². The largest absolute Gasteiger partial charge is 0.453 e. The van der Waals surface area contributed by atoms with E-state index in [-0.39, 0.29) is 0 Å². The van der Waals surface area contributed by atoms with Crippen LogP contribution >= 0.6 is 0 Å². The number of hydrogen-bond acceptors (Lipinski definition) is 1. The SMILES string of the molecule is CCCCc1cccc(C(C)(CC(F)(F)C(F)(F)F)OC)c1. The van der Waals surface area contributed by atoms with Crippen molar-refractivity contribution in [3.05, 3.63) is 35.4 Å². The van der Waals surface area contributed by atoms with E-state index in [0.717, 1.165) is 31.9 Å². The van der Waals surface area contributed by atoms with Gasteiger partial charge in [0, 0.05) is 7.11 Å². The molecule has 0 aliphatic carbocycles. The van der Waals surface area contributed by atoms with Crippen LogP contribution in [0.3, 0.4) is 0 Å². The van der Waals surface area contributed by atoms with Gasteiger partial charge in [-0.3, -0.25) is 0 Å². The first kappa shape index (κ1) is 18.9. The van der Waals surface area contributed by atoms with Gasteiger partial charge < -0.3 is 4.74 Å². The van der Waals surface area contributed by atoms with Crippen molar-refractivity contribution < 1.29 is 26.7 Å². The summed E-state index contributed by atoms with van der Waals surface area (Å²) in [4.78, 5) is 0. The van der Waals surface area contributed by atoms with Crippen LogP contribution in [-0.4, -0.2) is 19.2 Å². The molecule has 0 saturated heterocycles. The van der Waals surface area contributed by atoms with Crippen molar-refractivity contribution in [3.8, 4) is 0 Å². The van der Waals surface area contributed by atoms with Gasteiger partial charge in [-0.15, -0.1) is 0 Å². The zero-order chi connectivity index (χ0) is 17.0. The van der Waals surface area contributed by atoms with Crippen LogP contribution in [-0.2, 0) is 16.8 Å². The smallest absolute Gasteiger partial charge is 0.374 e. The Kier molecular flexibility index (Phi) is 5.96. The van der Waals surface area contributed by atoms with Crippen LogP contribution in [0.2, 0.25) is 0 Å². The second-order valence-corrected chi connectivity index (χ2v) is 5.62. The lowest BCUT2D eigenvalue weighted by atomic mass is 9.87. The molecule has 1 atom stereocenters. The standard InChI is InChI=1S/C16H21F5O/c1-4-5-7-12-8-6-9-13(10-12)14(2,22-3)11-15(17,18)16(19,20)21/h6,8-10H,4-5,7,11H2,1-3H3. The molecule has 0 bridgehead atoms. The van der Waals surface area contributed by atoms with Gasteiger partial charge in [-0.1, -0.05) is 37.6 Å². The molecule has 0 aromatic heterocycles. The third-order valence-electron chi connectivity index (χ3n) is 3.78. The quantitative estimate of drug-likeness (QED) is 0.604. The first-order valence-electron chi connectivity index (χ1n) is 7.15. The normalized spacial score (nSPS) is 15.6. The fourth-order valence-corrected chi connectivity index (χ4v) is 2.25. The molecule has 22 heavy (non-hydrogen) atoms. The first-order valence-corrected chi connectivity index (χ1v) is 7.15. The first-order chi connectivity index (χ1) is 10.1. The molecule has 0 amide bonds. The van der Waals surface area contributed by atoms with E-state index < -0.39 is 24.1 Å². The number of methoxy groups -OCH3 is 1. The van der Waals surface area contributed by atoms with E-state index in [0.29, 0.717) is 5.56 Å². The maximum atomic E-state index is 13.4. The van der Waals surface area contributed by atoms with Crippen LogP contribution in [0.4, 0.5) is 22.0 Å². The molecular weight excluding hydrogens is 303 g/mol. The van der Waals surface area contributed by atoms with Crippen molar-refractivity contribution in [3.63, 3.8) is 0 Å². The number of halogens is 5. The monoisotopic (exact) mass is 324 g/mol. The molecule has 0 N–H and O–H groups in total. The Balaban J connectivity index is 3.08. The van der Waals surface area contributed by atoms with Crippen LogP contribution in [0, 0.1) is 0 Å². The molecule has 0 heterocycles. The summed E-state index contributed by atoms with van der Waals surface area (Å²) in [7, 11) is 1.14. The molecular formula is C16H21F5O. The molecule has 1 nitrogen and oxygen atoms in total. The van der Waals surface area contributed by atoms with Crippen molar-refractivity contribution in [1.82, 2.24) is 0 Å². The predicted octanol–water partition coefficient (Wildman–Crippen LogP) is 5.48. The summed E-state index contributed by atoms with van der Waals surface area (Å²) in [5, 5.41) is 0. The number of benzene rings is 1. The molecule has 1 aromatic rings. The van der Waals surface area contributed by atoms with E-state index in [2.05, 4.69) is 0 Å². The van der Waals surface area contributed by atoms with E-state index >= 15 is 0 Å². The number of hydrogen-bond donors (Lipinski definition) is 0. The van der Waals surface area contributed by atoms with Crippen LogP contribution in [0.5, 0.6) is 0 Å². The van der Waals surface area contributed by atoms with E-state index in [1.54, 1.807) is 12.1 Å². The lowest BCUT2D eigenvalue weighted by Gasteiger charge is -2.33. The summed E-state index contributed by atoms with van der Waals surface area (Å²) in [5.41, 5.74) is -0.480. The molecule has 6 heteroatoms.